The van der Waals surface area contributed by atoms with Gasteiger partial charge in [-0.1, -0.05) is 152 Å². The van der Waals surface area contributed by atoms with E-state index in [-0.39, 0.29) is 84.6 Å². The third kappa shape index (κ3) is 15.0. The number of ether oxygens (including phenoxy) is 2. The van der Waals surface area contributed by atoms with Gasteiger partial charge in [0.05, 0.1) is 25.1 Å². The van der Waals surface area contributed by atoms with Gasteiger partial charge in [-0.2, -0.15) is 0 Å². The zero-order chi connectivity index (χ0) is 72.6. The van der Waals surface area contributed by atoms with Gasteiger partial charge in [-0.05, 0) is 168 Å². The van der Waals surface area contributed by atoms with Gasteiger partial charge in [0, 0.05) is 58.1 Å². The van der Waals surface area contributed by atoms with E-state index in [1.54, 1.807) is 61.2 Å². The molecule has 7 aromatic carbocycles. The molecule has 6 heterocycles. The number of nitrogens with zero attached hydrogens (tertiary/aromatic N) is 9. The largest absolute Gasteiger partial charge is 0.573 e. The molecule has 5 amide bonds. The maximum Gasteiger partial charge on any atom is 0.573 e. The van der Waals surface area contributed by atoms with Crippen molar-refractivity contribution in [3.05, 3.63) is 251 Å². The van der Waals surface area contributed by atoms with E-state index in [2.05, 4.69) is 14.7 Å². The number of alkyl halides is 3. The molecule has 5 aliphatic heterocycles. The van der Waals surface area contributed by atoms with Gasteiger partial charge in [-0.25, -0.2) is 19.8 Å². The second kappa shape index (κ2) is 30.4. The molecule has 0 bridgehead atoms. The molecule has 6 aliphatic rings. The molecule has 3 atom stereocenters. The lowest BCUT2D eigenvalue weighted by Gasteiger charge is -2.40. The molecular formula is C80H81F3N12O8. The summed E-state index contributed by atoms with van der Waals surface area (Å²) < 4.78 is 46.9. The molecule has 20 nitrogen and oxygen atoms in total. The van der Waals surface area contributed by atoms with E-state index in [9.17, 15) is 41.9 Å². The Morgan fingerprint density at radius 2 is 1.19 bits per heavy atom. The molecule has 530 valence electrons. The van der Waals surface area contributed by atoms with Crippen LogP contribution in [0.1, 0.15) is 115 Å². The second-order valence-corrected chi connectivity index (χ2v) is 26.4. The van der Waals surface area contributed by atoms with Crippen molar-refractivity contribution in [1.82, 2.24) is 29.5 Å². The minimum atomic E-state index is -4.75. The average molecular weight is 1400 g/mol. The summed E-state index contributed by atoms with van der Waals surface area (Å²) in [5.74, 6) is -0.488. The smallest absolute Gasteiger partial charge is 0.464 e. The fourth-order valence-corrected chi connectivity index (χ4v) is 14.7. The third-order valence-corrected chi connectivity index (χ3v) is 20.0. The molecule has 103 heavy (non-hydrogen) atoms. The Kier molecular flexibility index (Phi) is 21.0. The highest BCUT2D eigenvalue weighted by Crippen LogP contribution is 2.46. The minimum absolute atomic E-state index is 0.0957. The van der Waals surface area contributed by atoms with Crippen molar-refractivity contribution in [1.29, 1.82) is 0 Å². The van der Waals surface area contributed by atoms with Crippen LogP contribution < -0.4 is 21.9 Å². The van der Waals surface area contributed by atoms with Crippen LogP contribution in [0, 0.1) is 5.92 Å². The highest BCUT2D eigenvalue weighted by Gasteiger charge is 2.53. The maximum absolute atomic E-state index is 14.2. The number of guanidine groups is 3. The van der Waals surface area contributed by atoms with Gasteiger partial charge in [0.25, 0.3) is 17.7 Å². The molecule has 2 fully saturated rings. The summed E-state index contributed by atoms with van der Waals surface area (Å²) in [6, 6.07) is 58.3. The summed E-state index contributed by atoms with van der Waals surface area (Å²) in [7, 11) is 1.60. The summed E-state index contributed by atoms with van der Waals surface area (Å²) in [5, 5.41) is 0. The van der Waals surface area contributed by atoms with E-state index in [0.717, 1.165) is 94.2 Å². The molecule has 2 saturated heterocycles. The quantitative estimate of drug-likeness (QED) is 0.0858. The molecule has 23 heteroatoms. The van der Waals surface area contributed by atoms with E-state index in [0.29, 0.717) is 50.1 Å². The van der Waals surface area contributed by atoms with E-state index in [4.69, 9.17) is 31.9 Å². The van der Waals surface area contributed by atoms with Crippen LogP contribution in [0.3, 0.4) is 0 Å². The Morgan fingerprint density at radius 3 is 1.82 bits per heavy atom. The Morgan fingerprint density at radius 1 is 0.602 bits per heavy atom. The molecule has 8 aromatic rings. The van der Waals surface area contributed by atoms with Gasteiger partial charge in [-0.15, -0.1) is 13.2 Å². The Labute approximate surface area is 595 Å². The normalized spacial score (nSPS) is 20.2. The number of hydrogen-bond donors (Lipinski definition) is 3. The van der Waals surface area contributed by atoms with E-state index < -0.39 is 29.0 Å². The first kappa shape index (κ1) is 71.3. The number of piperidine rings is 2. The Hall–Kier alpha value is -11.5. The first-order valence-corrected chi connectivity index (χ1v) is 34.6. The maximum atomic E-state index is 14.2. The number of likely N-dealkylation sites (tertiary alicyclic amines) is 2. The number of esters is 1. The van der Waals surface area contributed by atoms with Crippen LogP contribution in [-0.4, -0.2) is 135 Å². The van der Waals surface area contributed by atoms with Gasteiger partial charge in [0.1, 0.15) is 11.8 Å². The number of halogens is 3. The standard InChI is InChI=1S/C31H32N4O4.C28H29N5O2.C21H20F3N3O2/c1-2-39-28(37)26-18-9-10-19-34(26)27(36)23-13-11-12-22(20-23)21-35-29(38)31(33-30(35)32,24-14-5-3-6-15-24)25-16-7-4-8-17-25;1-20(34)32-15-12-21(13-16-32)19-33-26(35)28(31-27(33)29,24-9-3-2-4-10-24)25-11-5-7-22(17-25)23-8-6-14-30-18-23;1-27-18(28)12-20(26-19(27)25)9-3-5-13-7-8-15(11-17(13)20)14-4-2-6-16(10-14)29-21(22,23)24/h3-8,11-17,20,26H,2,9-10,18-19,21H2,1H3,(H2,32,33);2-11,14,17-18,21H,12-13,15-16,19H2,1H3,(H2,29,31);2,4,6-8,10-11H,3,5,9,12H2,1H3,(H2,25,26)/t;;20-/m..0/s1. The topological polar surface area (TPSA) is 265 Å². The number of carbonyl (C=O) groups excluding carboxylic acids is 6. The number of aliphatic imine (C=N–C) groups is 3. The van der Waals surface area contributed by atoms with Crippen LogP contribution in [0.2, 0.25) is 0 Å². The summed E-state index contributed by atoms with van der Waals surface area (Å²) in [6.45, 7) is 6.18. The lowest BCUT2D eigenvalue weighted by atomic mass is 9.73. The zero-order valence-corrected chi connectivity index (χ0v) is 57.5. The number of aromatic nitrogens is 1. The highest BCUT2D eigenvalue weighted by atomic mass is 19.4. The molecular weight excluding hydrogens is 1310 g/mol. The third-order valence-electron chi connectivity index (χ3n) is 20.0. The molecule has 0 radical (unpaired) electrons. The molecule has 0 saturated carbocycles. The fraction of sp³-hybridized carbons (Fsp3) is 0.300. The first-order valence-electron chi connectivity index (χ1n) is 34.6. The first-order chi connectivity index (χ1) is 49.6. The number of amides is 5. The van der Waals surface area contributed by atoms with Crippen molar-refractivity contribution >= 4 is 53.4 Å². The number of fused-ring (bicyclic) bond motifs is 2. The van der Waals surface area contributed by atoms with E-state index in [1.165, 1.54) is 28.0 Å². The van der Waals surface area contributed by atoms with Crippen LogP contribution >= 0.6 is 0 Å². The highest BCUT2D eigenvalue weighted by molar-refractivity contribution is 6.10. The molecule has 1 aromatic heterocycles. The molecule has 1 spiro atoms. The number of nitrogens with two attached hydrogens (primary N) is 3. The van der Waals surface area contributed by atoms with E-state index in [1.807, 2.05) is 163 Å². The number of benzene rings is 7. The van der Waals surface area contributed by atoms with Crippen LogP contribution in [0.4, 0.5) is 13.2 Å². The van der Waals surface area contributed by atoms with Gasteiger partial charge < -0.3 is 36.5 Å². The lowest BCUT2D eigenvalue weighted by molar-refractivity contribution is -0.274. The van der Waals surface area contributed by atoms with Crippen molar-refractivity contribution in [2.45, 2.75) is 107 Å². The van der Waals surface area contributed by atoms with Gasteiger partial charge in [0.15, 0.2) is 29.0 Å². The molecule has 6 N–H and O–H groups in total. The Bertz CT molecular complexity index is 4520. The molecule has 14 rings (SSSR count). The summed E-state index contributed by atoms with van der Waals surface area (Å²) in [5.41, 5.74) is 25.0. The van der Waals surface area contributed by atoms with Gasteiger partial charge in [0.2, 0.25) is 11.8 Å². The summed E-state index contributed by atoms with van der Waals surface area (Å²) in [6.07, 6.45) is 5.41. The van der Waals surface area contributed by atoms with Crippen LogP contribution in [0.5, 0.6) is 5.75 Å². The van der Waals surface area contributed by atoms with Crippen LogP contribution in [-0.2, 0) is 58.3 Å². The Balaban J connectivity index is 0.000000147. The number of pyridine rings is 1. The predicted octanol–water partition coefficient (Wildman–Crippen LogP) is 11.2. The zero-order valence-electron chi connectivity index (χ0n) is 57.5. The van der Waals surface area contributed by atoms with Crippen molar-refractivity contribution in [2.24, 2.45) is 38.1 Å². The van der Waals surface area contributed by atoms with Crippen molar-refractivity contribution in [3.8, 4) is 28.0 Å². The SMILES string of the molecule is CC(=O)N1CCC(CN2C(=O)C(c3ccccc3)(c3cccc(-c4cccnc4)c3)N=C2N)CC1.CCOC(=O)C1CCCCN1C(=O)c1cccc(CN2C(=O)C(c3ccccc3)(c3ccccc3)N=C2N)c1.CN1C(=O)C[C@]2(CCCc3ccc(-c4cccc(OC(F)(F)F)c4)cc32)N=C1N. The van der Waals surface area contributed by atoms with Crippen molar-refractivity contribution < 1.29 is 51.4 Å². The summed E-state index contributed by atoms with van der Waals surface area (Å²) >= 11 is 0. The average Bonchev–Trinajstić information content (AvgIpc) is 1.62. The summed E-state index contributed by atoms with van der Waals surface area (Å²) in [4.78, 5) is 105. The van der Waals surface area contributed by atoms with Gasteiger partial charge in [-0.3, -0.25) is 43.7 Å². The monoisotopic (exact) mass is 1390 g/mol. The molecule has 1 aliphatic carbocycles. The minimum Gasteiger partial charge on any atom is -0.464 e. The van der Waals surface area contributed by atoms with Gasteiger partial charge >= 0.3 is 12.3 Å². The predicted molar refractivity (Wildman–Crippen MR) is 385 cm³/mol. The fourth-order valence-electron chi connectivity index (χ4n) is 14.7. The molecule has 2 unspecified atom stereocenters. The second-order valence-electron chi connectivity index (χ2n) is 26.4. The number of carbonyl (C=O) groups is 6. The number of hydrogen-bond acceptors (Lipinski definition) is 15. The number of aryl methyl sites for hydroxylation is 1. The van der Waals surface area contributed by atoms with Crippen molar-refractivity contribution in [2.75, 3.05) is 39.8 Å². The van der Waals surface area contributed by atoms with E-state index >= 15 is 0 Å². The van der Waals surface area contributed by atoms with Crippen molar-refractivity contribution in [3.63, 3.8) is 0 Å². The van der Waals surface area contributed by atoms with Crippen LogP contribution in [0.25, 0.3) is 22.3 Å². The lowest BCUT2D eigenvalue weighted by Crippen LogP contribution is -2.49. The van der Waals surface area contributed by atoms with Crippen LogP contribution in [0.15, 0.2) is 221 Å². The number of rotatable bonds is 14.